The number of rotatable bonds is 1. The van der Waals surface area contributed by atoms with Crippen LogP contribution in [0.5, 0.6) is 0 Å². The van der Waals surface area contributed by atoms with E-state index in [0.717, 1.165) is 19.6 Å². The fourth-order valence-electron chi connectivity index (χ4n) is 2.01. The van der Waals surface area contributed by atoms with Crippen LogP contribution in [0.3, 0.4) is 0 Å². The van der Waals surface area contributed by atoms with E-state index in [2.05, 4.69) is 4.90 Å². The van der Waals surface area contributed by atoms with Crippen LogP contribution in [0.15, 0.2) is 0 Å². The molecule has 2 aliphatic heterocycles. The first-order valence-corrected chi connectivity index (χ1v) is 4.32. The van der Waals surface area contributed by atoms with Crippen LogP contribution in [-0.2, 0) is 9.53 Å². The monoisotopic (exact) mass is 171 g/mol. The van der Waals surface area contributed by atoms with Crippen LogP contribution < -0.4 is 0 Å². The molecule has 2 fully saturated rings. The van der Waals surface area contributed by atoms with Crippen molar-refractivity contribution >= 4 is 5.97 Å². The van der Waals surface area contributed by atoms with Gasteiger partial charge in [-0.05, 0) is 6.42 Å². The zero-order valence-corrected chi connectivity index (χ0v) is 6.90. The van der Waals surface area contributed by atoms with Gasteiger partial charge in [-0.3, -0.25) is 9.69 Å². The predicted molar refractivity (Wildman–Crippen MR) is 41.9 cm³/mol. The van der Waals surface area contributed by atoms with Crippen LogP contribution in [0.25, 0.3) is 0 Å². The van der Waals surface area contributed by atoms with Crippen LogP contribution in [0.1, 0.15) is 6.42 Å². The number of carboxylic acid groups (broad SMARTS) is 1. The molecule has 4 heteroatoms. The summed E-state index contributed by atoms with van der Waals surface area (Å²) in [4.78, 5) is 12.9. The first-order chi connectivity index (χ1) is 5.77. The third-order valence-electron chi connectivity index (χ3n) is 2.71. The molecule has 4 nitrogen and oxygen atoms in total. The van der Waals surface area contributed by atoms with Gasteiger partial charge in [0.1, 0.15) is 0 Å². The van der Waals surface area contributed by atoms with E-state index in [1.54, 1.807) is 0 Å². The summed E-state index contributed by atoms with van der Waals surface area (Å²) in [5, 5.41) is 8.79. The van der Waals surface area contributed by atoms with Crippen molar-refractivity contribution in [3.8, 4) is 0 Å². The van der Waals surface area contributed by atoms with Crippen molar-refractivity contribution in [2.45, 2.75) is 12.5 Å². The number of carboxylic acids is 1. The molecular weight excluding hydrogens is 158 g/mol. The van der Waals surface area contributed by atoms with Crippen molar-refractivity contribution in [2.24, 2.45) is 5.92 Å². The molecule has 2 atom stereocenters. The Morgan fingerprint density at radius 1 is 1.58 bits per heavy atom. The van der Waals surface area contributed by atoms with Crippen LogP contribution in [-0.4, -0.2) is 48.3 Å². The summed E-state index contributed by atoms with van der Waals surface area (Å²) in [5.74, 6) is -0.832. The van der Waals surface area contributed by atoms with E-state index in [1.165, 1.54) is 0 Å². The van der Waals surface area contributed by atoms with Gasteiger partial charge in [0.25, 0.3) is 0 Å². The number of hydrogen-bond donors (Lipinski definition) is 1. The van der Waals surface area contributed by atoms with Gasteiger partial charge < -0.3 is 9.84 Å². The van der Waals surface area contributed by atoms with Crippen LogP contribution in [0.4, 0.5) is 0 Å². The van der Waals surface area contributed by atoms with Gasteiger partial charge in [0, 0.05) is 19.1 Å². The second kappa shape index (κ2) is 3.03. The average molecular weight is 171 g/mol. The third-order valence-corrected chi connectivity index (χ3v) is 2.71. The average Bonchev–Trinajstić information content (AvgIpc) is 2.46. The summed E-state index contributed by atoms with van der Waals surface area (Å²) in [7, 11) is 0. The van der Waals surface area contributed by atoms with Gasteiger partial charge in [-0.2, -0.15) is 0 Å². The normalized spacial score (nSPS) is 36.3. The molecule has 0 radical (unpaired) electrons. The quantitative estimate of drug-likeness (QED) is 0.593. The molecule has 2 rings (SSSR count). The number of ether oxygens (including phenoxy) is 1. The molecule has 0 aromatic rings. The maximum atomic E-state index is 10.7. The summed E-state index contributed by atoms with van der Waals surface area (Å²) < 4.78 is 5.28. The van der Waals surface area contributed by atoms with Gasteiger partial charge in [0.15, 0.2) is 0 Å². The fraction of sp³-hybridized carbons (Fsp3) is 0.875. The van der Waals surface area contributed by atoms with E-state index < -0.39 is 5.97 Å². The van der Waals surface area contributed by atoms with E-state index >= 15 is 0 Å². The summed E-state index contributed by atoms with van der Waals surface area (Å²) in [6.07, 6.45) is 0.759. The highest BCUT2D eigenvalue weighted by Crippen LogP contribution is 2.25. The minimum Gasteiger partial charge on any atom is -0.481 e. The van der Waals surface area contributed by atoms with Gasteiger partial charge in [-0.15, -0.1) is 0 Å². The third kappa shape index (κ3) is 1.32. The second-order valence-electron chi connectivity index (χ2n) is 3.49. The van der Waals surface area contributed by atoms with Gasteiger partial charge in [0.05, 0.1) is 19.1 Å². The highest BCUT2D eigenvalue weighted by molar-refractivity contribution is 5.70. The maximum Gasteiger partial charge on any atom is 0.307 e. The highest BCUT2D eigenvalue weighted by Gasteiger charge is 2.37. The lowest BCUT2D eigenvalue weighted by atomic mass is 10.1. The SMILES string of the molecule is O=C(O)[C@H]1C[C@@H]2COCCN2C1. The van der Waals surface area contributed by atoms with E-state index in [4.69, 9.17) is 9.84 Å². The zero-order chi connectivity index (χ0) is 8.55. The lowest BCUT2D eigenvalue weighted by Gasteiger charge is -2.28. The number of morpholine rings is 1. The predicted octanol–water partition coefficient (Wildman–Crippen LogP) is -0.208. The molecule has 0 saturated carbocycles. The van der Waals surface area contributed by atoms with Gasteiger partial charge in [0.2, 0.25) is 0 Å². The van der Waals surface area contributed by atoms with Crippen molar-refractivity contribution in [1.82, 2.24) is 4.90 Å². The van der Waals surface area contributed by atoms with Crippen LogP contribution in [0.2, 0.25) is 0 Å². The number of carbonyl (C=O) groups is 1. The van der Waals surface area contributed by atoms with E-state index in [1.807, 2.05) is 0 Å². The lowest BCUT2D eigenvalue weighted by molar-refractivity contribution is -0.141. The molecule has 1 N–H and O–H groups in total. The van der Waals surface area contributed by atoms with Crippen molar-refractivity contribution < 1.29 is 14.6 Å². The topological polar surface area (TPSA) is 49.8 Å². The van der Waals surface area contributed by atoms with Crippen molar-refractivity contribution in [1.29, 1.82) is 0 Å². The molecule has 2 aliphatic rings. The number of aliphatic carboxylic acids is 1. The number of nitrogens with zero attached hydrogens (tertiary/aromatic N) is 1. The Labute approximate surface area is 71.1 Å². The molecule has 2 saturated heterocycles. The molecule has 0 aliphatic carbocycles. The molecule has 0 amide bonds. The van der Waals surface area contributed by atoms with Crippen molar-refractivity contribution in [2.75, 3.05) is 26.3 Å². The standard InChI is InChI=1S/C8H13NO3/c10-8(11)6-3-7-5-12-2-1-9(7)4-6/h6-7H,1-5H2,(H,10,11)/t6-,7+/m0/s1. The minimum atomic E-state index is -0.663. The Bertz CT molecular complexity index is 181. The summed E-state index contributed by atoms with van der Waals surface area (Å²) >= 11 is 0. The first-order valence-electron chi connectivity index (χ1n) is 4.32. The number of hydrogen-bond acceptors (Lipinski definition) is 3. The Hall–Kier alpha value is -0.610. The Balaban J connectivity index is 1.98. The van der Waals surface area contributed by atoms with Crippen molar-refractivity contribution in [3.05, 3.63) is 0 Å². The van der Waals surface area contributed by atoms with Crippen LogP contribution in [0, 0.1) is 5.92 Å². The fourth-order valence-corrected chi connectivity index (χ4v) is 2.01. The smallest absolute Gasteiger partial charge is 0.307 e. The molecule has 0 spiro atoms. The van der Waals surface area contributed by atoms with Gasteiger partial charge in [-0.1, -0.05) is 0 Å². The Morgan fingerprint density at radius 2 is 2.42 bits per heavy atom. The molecule has 2 heterocycles. The Morgan fingerprint density at radius 3 is 3.08 bits per heavy atom. The Kier molecular flexibility index (Phi) is 2.02. The molecule has 0 unspecified atom stereocenters. The molecular formula is C8H13NO3. The van der Waals surface area contributed by atoms with E-state index in [9.17, 15) is 4.79 Å². The minimum absolute atomic E-state index is 0.170. The van der Waals surface area contributed by atoms with Gasteiger partial charge >= 0.3 is 5.97 Å². The summed E-state index contributed by atoms with van der Waals surface area (Å²) in [6, 6.07) is 0.361. The second-order valence-corrected chi connectivity index (χ2v) is 3.49. The molecule has 68 valence electrons. The number of fused-ring (bicyclic) bond motifs is 1. The van der Waals surface area contributed by atoms with Crippen molar-refractivity contribution in [3.63, 3.8) is 0 Å². The highest BCUT2D eigenvalue weighted by atomic mass is 16.5. The summed E-state index contributed by atoms with van der Waals surface area (Å²) in [6.45, 7) is 3.07. The largest absolute Gasteiger partial charge is 0.481 e. The molecule has 12 heavy (non-hydrogen) atoms. The molecule has 0 aromatic heterocycles. The van der Waals surface area contributed by atoms with Crippen LogP contribution >= 0.6 is 0 Å². The summed E-state index contributed by atoms with van der Waals surface area (Å²) in [5.41, 5.74) is 0. The molecule has 0 bridgehead atoms. The maximum absolute atomic E-state index is 10.7. The molecule has 0 aromatic carbocycles. The zero-order valence-electron chi connectivity index (χ0n) is 6.90. The van der Waals surface area contributed by atoms with Gasteiger partial charge in [-0.25, -0.2) is 0 Å². The lowest BCUT2D eigenvalue weighted by Crippen LogP contribution is -2.40. The van der Waals surface area contributed by atoms with E-state index in [-0.39, 0.29) is 5.92 Å². The van der Waals surface area contributed by atoms with E-state index in [0.29, 0.717) is 19.2 Å². The first kappa shape index (κ1) is 8.01.